The summed E-state index contributed by atoms with van der Waals surface area (Å²) in [7, 11) is 0. The molecule has 0 aliphatic heterocycles. The van der Waals surface area contributed by atoms with E-state index in [9.17, 15) is 5.11 Å². The Balaban J connectivity index is 1.32. The van der Waals surface area contributed by atoms with E-state index >= 15 is 0 Å². The summed E-state index contributed by atoms with van der Waals surface area (Å²) in [5.74, 6) is 2.99. The van der Waals surface area contributed by atoms with Crippen molar-refractivity contribution >= 4 is 0 Å². The maximum atomic E-state index is 10.7. The first-order valence-electron chi connectivity index (χ1n) is 12.2. The van der Waals surface area contributed by atoms with Gasteiger partial charge in [-0.1, -0.05) is 13.8 Å². The molecule has 6 rings (SSSR count). The fourth-order valence-electron chi connectivity index (χ4n) is 8.43. The zero-order valence-corrected chi connectivity index (χ0v) is 18.7. The van der Waals surface area contributed by atoms with Crippen LogP contribution in [0.5, 0.6) is 0 Å². The molecule has 0 unspecified atom stereocenters. The van der Waals surface area contributed by atoms with Gasteiger partial charge in [-0.25, -0.2) is 4.68 Å². The van der Waals surface area contributed by atoms with Crippen molar-refractivity contribution in [3.05, 3.63) is 47.3 Å². The van der Waals surface area contributed by atoms with E-state index in [1.807, 2.05) is 24.3 Å². The van der Waals surface area contributed by atoms with E-state index in [2.05, 4.69) is 30.8 Å². The Labute approximate surface area is 185 Å². The minimum Gasteiger partial charge on any atom is -0.393 e. The lowest BCUT2D eigenvalue weighted by atomic mass is 9.45. The third-order valence-electron chi connectivity index (χ3n) is 10.2. The molecule has 1 N–H and O–H groups in total. The molecular weight excluding hydrogens is 382 g/mol. The Morgan fingerprint density at radius 3 is 2.58 bits per heavy atom. The first-order chi connectivity index (χ1) is 14.9. The first-order valence-corrected chi connectivity index (χ1v) is 12.2. The van der Waals surface area contributed by atoms with Crippen molar-refractivity contribution in [3.63, 3.8) is 0 Å². The summed E-state index contributed by atoms with van der Waals surface area (Å²) in [5.41, 5.74) is 5.06. The minimum absolute atomic E-state index is 0.0902. The van der Waals surface area contributed by atoms with Crippen LogP contribution in [0.1, 0.15) is 69.2 Å². The van der Waals surface area contributed by atoms with Gasteiger partial charge in [0, 0.05) is 5.69 Å². The Bertz CT molecular complexity index is 1050. The topological polar surface area (TPSA) is 61.8 Å². The highest BCUT2D eigenvalue weighted by Crippen LogP contribution is 2.65. The number of nitrogens with zero attached hydrogens (tertiary/aromatic N) is 3. The van der Waals surface area contributed by atoms with Crippen LogP contribution in [-0.2, 0) is 12.8 Å². The van der Waals surface area contributed by atoms with E-state index in [-0.39, 0.29) is 11.5 Å². The SMILES string of the molecule is C[C@]12Cc3cnn(-c4ccc(C#N)cc4)c3C[C@@H]1CC[C@@H]1[C@@H]2CC[C@]2(C)[C@@H](O)CC[C@@H]12. The summed E-state index contributed by atoms with van der Waals surface area (Å²) in [4.78, 5) is 0. The molecule has 162 valence electrons. The standard InChI is InChI=1S/C27H33N3O/c1-26-12-11-23-21(22(26)9-10-25(26)31)8-5-19-13-24-18(14-27(19,23)2)16-29-30(24)20-6-3-17(15-28)4-7-20/h3-4,6-7,16,19,21-23,25,31H,5,8-14H2,1-2H3/t19-,21-,22-,23-,25-,26-,27-/m0/s1. The van der Waals surface area contributed by atoms with E-state index in [0.717, 1.165) is 36.8 Å². The molecule has 0 spiro atoms. The molecule has 31 heavy (non-hydrogen) atoms. The van der Waals surface area contributed by atoms with Gasteiger partial charge in [0.2, 0.25) is 0 Å². The molecule has 7 atom stereocenters. The predicted octanol–water partition coefficient (Wildman–Crippen LogP) is 5.06. The molecule has 3 saturated carbocycles. The minimum atomic E-state index is -0.0902. The molecule has 4 nitrogen and oxygen atoms in total. The molecule has 2 aromatic rings. The largest absolute Gasteiger partial charge is 0.393 e. The van der Waals surface area contributed by atoms with E-state index in [4.69, 9.17) is 10.4 Å². The van der Waals surface area contributed by atoms with Gasteiger partial charge in [-0.15, -0.1) is 0 Å². The Kier molecular flexibility index (Phi) is 4.22. The molecule has 4 heteroatoms. The fourth-order valence-corrected chi connectivity index (χ4v) is 8.43. The molecular formula is C27H33N3O. The number of aliphatic hydroxyl groups is 1. The molecule has 4 aliphatic rings. The fraction of sp³-hybridized carbons (Fsp3) is 0.630. The van der Waals surface area contributed by atoms with Crippen molar-refractivity contribution in [2.45, 2.75) is 71.3 Å². The quantitative estimate of drug-likeness (QED) is 0.708. The number of nitriles is 1. The van der Waals surface area contributed by atoms with Gasteiger partial charge in [0.1, 0.15) is 0 Å². The van der Waals surface area contributed by atoms with Crippen LogP contribution in [0.25, 0.3) is 5.69 Å². The number of aliphatic hydroxyl groups excluding tert-OH is 1. The highest BCUT2D eigenvalue weighted by atomic mass is 16.3. The number of rotatable bonds is 1. The van der Waals surface area contributed by atoms with Crippen LogP contribution >= 0.6 is 0 Å². The second-order valence-corrected chi connectivity index (χ2v) is 11.4. The van der Waals surface area contributed by atoms with Crippen molar-refractivity contribution < 1.29 is 5.11 Å². The van der Waals surface area contributed by atoms with Crippen LogP contribution < -0.4 is 0 Å². The number of benzene rings is 1. The second kappa shape index (κ2) is 6.69. The molecule has 0 bridgehead atoms. The van der Waals surface area contributed by atoms with E-state index in [1.165, 1.54) is 43.4 Å². The molecule has 1 heterocycles. The Morgan fingerprint density at radius 1 is 1.03 bits per heavy atom. The van der Waals surface area contributed by atoms with E-state index in [0.29, 0.717) is 22.8 Å². The average Bonchev–Trinajstić information content (AvgIpc) is 3.32. The van der Waals surface area contributed by atoms with Crippen molar-refractivity contribution in [2.75, 3.05) is 0 Å². The average molecular weight is 416 g/mol. The van der Waals surface area contributed by atoms with Crippen LogP contribution in [0.2, 0.25) is 0 Å². The molecule has 4 aliphatic carbocycles. The van der Waals surface area contributed by atoms with Crippen molar-refractivity contribution in [1.82, 2.24) is 9.78 Å². The van der Waals surface area contributed by atoms with Gasteiger partial charge in [0.05, 0.1) is 29.6 Å². The molecule has 1 aromatic heterocycles. The molecule has 1 aromatic carbocycles. The van der Waals surface area contributed by atoms with Gasteiger partial charge >= 0.3 is 0 Å². The van der Waals surface area contributed by atoms with Gasteiger partial charge in [-0.05, 0) is 116 Å². The zero-order chi connectivity index (χ0) is 21.4. The van der Waals surface area contributed by atoms with E-state index < -0.39 is 0 Å². The van der Waals surface area contributed by atoms with Crippen molar-refractivity contribution in [3.8, 4) is 11.8 Å². The lowest BCUT2D eigenvalue weighted by Gasteiger charge is -2.60. The summed E-state index contributed by atoms with van der Waals surface area (Å²) in [5, 5.41) is 24.6. The monoisotopic (exact) mass is 415 g/mol. The zero-order valence-electron chi connectivity index (χ0n) is 18.7. The summed E-state index contributed by atoms with van der Waals surface area (Å²) >= 11 is 0. The van der Waals surface area contributed by atoms with Crippen LogP contribution in [-0.4, -0.2) is 21.0 Å². The Hall–Kier alpha value is -2.12. The number of hydrogen-bond acceptors (Lipinski definition) is 3. The van der Waals surface area contributed by atoms with Gasteiger partial charge in [-0.3, -0.25) is 0 Å². The normalized spacial score (nSPS) is 40.9. The maximum absolute atomic E-state index is 10.7. The summed E-state index contributed by atoms with van der Waals surface area (Å²) in [6.07, 6.45) is 11.6. The van der Waals surface area contributed by atoms with Gasteiger partial charge < -0.3 is 5.11 Å². The summed E-state index contributed by atoms with van der Waals surface area (Å²) in [6, 6.07) is 10.0. The summed E-state index contributed by atoms with van der Waals surface area (Å²) in [6.45, 7) is 4.95. The number of hydrogen-bond donors (Lipinski definition) is 1. The van der Waals surface area contributed by atoms with Crippen LogP contribution in [0, 0.1) is 45.8 Å². The number of fused-ring (bicyclic) bond motifs is 6. The summed E-state index contributed by atoms with van der Waals surface area (Å²) < 4.78 is 2.12. The van der Waals surface area contributed by atoms with Gasteiger partial charge in [0.15, 0.2) is 0 Å². The predicted molar refractivity (Wildman–Crippen MR) is 120 cm³/mol. The molecule has 0 radical (unpaired) electrons. The lowest BCUT2D eigenvalue weighted by molar-refractivity contribution is -0.111. The first kappa shape index (κ1) is 19.6. The lowest BCUT2D eigenvalue weighted by Crippen LogP contribution is -2.54. The van der Waals surface area contributed by atoms with Gasteiger partial charge in [-0.2, -0.15) is 10.4 Å². The van der Waals surface area contributed by atoms with E-state index in [1.54, 1.807) is 0 Å². The molecule has 0 amide bonds. The van der Waals surface area contributed by atoms with Crippen LogP contribution in [0.15, 0.2) is 30.5 Å². The maximum Gasteiger partial charge on any atom is 0.0991 e. The third kappa shape index (κ3) is 2.65. The van der Waals surface area contributed by atoms with Crippen LogP contribution in [0.4, 0.5) is 0 Å². The number of aromatic nitrogens is 2. The molecule has 3 fully saturated rings. The second-order valence-electron chi connectivity index (χ2n) is 11.4. The Morgan fingerprint density at radius 2 is 1.81 bits per heavy atom. The van der Waals surface area contributed by atoms with Crippen LogP contribution in [0.3, 0.4) is 0 Å². The van der Waals surface area contributed by atoms with Crippen molar-refractivity contribution in [2.24, 2.45) is 34.5 Å². The highest BCUT2D eigenvalue weighted by molar-refractivity contribution is 5.42. The third-order valence-corrected chi connectivity index (χ3v) is 10.2. The smallest absolute Gasteiger partial charge is 0.0991 e. The molecule has 0 saturated heterocycles. The highest BCUT2D eigenvalue weighted by Gasteiger charge is 2.60. The van der Waals surface area contributed by atoms with Crippen molar-refractivity contribution in [1.29, 1.82) is 5.26 Å². The van der Waals surface area contributed by atoms with Gasteiger partial charge in [0.25, 0.3) is 0 Å².